The maximum absolute atomic E-state index is 12.6. The van der Waals surface area contributed by atoms with Gasteiger partial charge < -0.3 is 15.0 Å². The number of benzene rings is 1. The molecule has 1 fully saturated rings. The first-order valence-electron chi connectivity index (χ1n) is 10.4. The number of unbranched alkanes of at least 4 members (excludes halogenated alkanes) is 2. The Bertz CT molecular complexity index is 830. The summed E-state index contributed by atoms with van der Waals surface area (Å²) in [4.78, 5) is 33.9. The average Bonchev–Trinajstić information content (AvgIpc) is 3.04. The minimum atomic E-state index is -0.766. The number of aromatic nitrogens is 2. The molecule has 2 aromatic rings. The summed E-state index contributed by atoms with van der Waals surface area (Å²) in [5.74, 6) is 0.500. The topological polar surface area (TPSA) is 86.3 Å². The Kier molecular flexibility index (Phi) is 6.70. The SMILES string of the molecule is CCCCCC(=O)N1CCC(CC(=O)O)C(Cc2nc3ccc(C)cc3[nH]2)C1. The predicted molar refractivity (Wildman–Crippen MR) is 109 cm³/mol. The molecule has 0 saturated carbocycles. The molecule has 2 atom stereocenters. The number of piperidine rings is 1. The minimum absolute atomic E-state index is 0.0761. The van der Waals surface area contributed by atoms with Gasteiger partial charge in [0.1, 0.15) is 5.82 Å². The van der Waals surface area contributed by atoms with Gasteiger partial charge in [0.2, 0.25) is 5.91 Å². The van der Waals surface area contributed by atoms with E-state index < -0.39 is 5.97 Å². The van der Waals surface area contributed by atoms with E-state index in [9.17, 15) is 14.7 Å². The number of amides is 1. The van der Waals surface area contributed by atoms with E-state index >= 15 is 0 Å². The highest BCUT2D eigenvalue weighted by molar-refractivity contribution is 5.77. The number of carboxylic acids is 1. The lowest BCUT2D eigenvalue weighted by molar-refractivity contribution is -0.140. The lowest BCUT2D eigenvalue weighted by atomic mass is 9.81. The molecule has 6 heteroatoms. The Morgan fingerprint density at radius 2 is 2.11 bits per heavy atom. The molecule has 3 rings (SSSR count). The van der Waals surface area contributed by atoms with Crippen LogP contribution in [0.25, 0.3) is 11.0 Å². The number of nitrogens with one attached hydrogen (secondary N) is 1. The van der Waals surface area contributed by atoms with Gasteiger partial charge in [-0.3, -0.25) is 9.59 Å². The molecule has 0 bridgehead atoms. The summed E-state index contributed by atoms with van der Waals surface area (Å²) in [5, 5.41) is 9.31. The number of carbonyl (C=O) groups excluding carboxylic acids is 1. The van der Waals surface area contributed by atoms with Gasteiger partial charge in [0.15, 0.2) is 0 Å². The van der Waals surface area contributed by atoms with E-state index in [0.717, 1.165) is 42.5 Å². The number of likely N-dealkylation sites (tertiary alicyclic amines) is 1. The highest BCUT2D eigenvalue weighted by atomic mass is 16.4. The Hall–Kier alpha value is -2.37. The summed E-state index contributed by atoms with van der Waals surface area (Å²) in [6.07, 6.45) is 5.26. The molecule has 2 unspecified atom stereocenters. The molecule has 6 nitrogen and oxygen atoms in total. The number of aromatic amines is 1. The van der Waals surface area contributed by atoms with Crippen molar-refractivity contribution in [1.29, 1.82) is 0 Å². The third kappa shape index (κ3) is 5.12. The van der Waals surface area contributed by atoms with Crippen LogP contribution in [0.3, 0.4) is 0 Å². The van der Waals surface area contributed by atoms with Gasteiger partial charge in [-0.15, -0.1) is 0 Å². The molecule has 1 aliphatic heterocycles. The van der Waals surface area contributed by atoms with Gasteiger partial charge in [0.05, 0.1) is 11.0 Å². The predicted octanol–water partition coefficient (Wildman–Crippen LogP) is 3.93. The molecule has 2 N–H and O–H groups in total. The molecule has 2 heterocycles. The zero-order chi connectivity index (χ0) is 20.1. The molecule has 28 heavy (non-hydrogen) atoms. The lowest BCUT2D eigenvalue weighted by Crippen LogP contribution is -2.45. The zero-order valence-corrected chi connectivity index (χ0v) is 16.9. The van der Waals surface area contributed by atoms with Crippen LogP contribution in [0.15, 0.2) is 18.2 Å². The normalized spacial score (nSPS) is 19.9. The third-order valence-corrected chi connectivity index (χ3v) is 5.82. The van der Waals surface area contributed by atoms with E-state index in [1.54, 1.807) is 0 Å². The van der Waals surface area contributed by atoms with Gasteiger partial charge in [-0.1, -0.05) is 25.8 Å². The standard InChI is InChI=1S/C22H31N3O3/c1-3-4-5-6-21(26)25-10-9-16(13-22(27)28)17(14-25)12-20-23-18-8-7-15(2)11-19(18)24-20/h7-8,11,16-17H,3-6,9-10,12-14H2,1-2H3,(H,23,24)(H,27,28). The molecule has 0 spiro atoms. The molecule has 0 aliphatic carbocycles. The Morgan fingerprint density at radius 3 is 2.86 bits per heavy atom. The van der Waals surface area contributed by atoms with E-state index in [1.165, 1.54) is 5.56 Å². The Morgan fingerprint density at radius 1 is 1.29 bits per heavy atom. The van der Waals surface area contributed by atoms with Crippen LogP contribution in [-0.4, -0.2) is 44.9 Å². The van der Waals surface area contributed by atoms with Gasteiger partial charge in [0, 0.05) is 32.4 Å². The van der Waals surface area contributed by atoms with E-state index in [1.807, 2.05) is 24.0 Å². The fourth-order valence-corrected chi connectivity index (χ4v) is 4.24. The summed E-state index contributed by atoms with van der Waals surface area (Å²) in [6, 6.07) is 6.12. The molecule has 1 saturated heterocycles. The molecule has 1 aliphatic rings. The summed E-state index contributed by atoms with van der Waals surface area (Å²) in [7, 11) is 0. The van der Waals surface area contributed by atoms with E-state index in [2.05, 4.69) is 23.0 Å². The van der Waals surface area contributed by atoms with Crippen molar-refractivity contribution in [3.8, 4) is 0 Å². The Labute approximate surface area is 166 Å². The van der Waals surface area contributed by atoms with Crippen molar-refractivity contribution >= 4 is 22.9 Å². The summed E-state index contributed by atoms with van der Waals surface area (Å²) in [5.41, 5.74) is 3.11. The van der Waals surface area contributed by atoms with Crippen LogP contribution in [0.1, 0.15) is 56.8 Å². The van der Waals surface area contributed by atoms with Crippen LogP contribution < -0.4 is 0 Å². The number of carboxylic acid groups (broad SMARTS) is 1. The molecule has 1 amide bonds. The molecule has 152 valence electrons. The number of fused-ring (bicyclic) bond motifs is 1. The van der Waals surface area contributed by atoms with Crippen molar-refractivity contribution in [3.05, 3.63) is 29.6 Å². The van der Waals surface area contributed by atoms with Gasteiger partial charge in [-0.25, -0.2) is 4.98 Å². The maximum atomic E-state index is 12.6. The number of rotatable bonds is 8. The monoisotopic (exact) mass is 385 g/mol. The largest absolute Gasteiger partial charge is 0.481 e. The molecule has 0 radical (unpaired) electrons. The number of aryl methyl sites for hydroxylation is 1. The fourth-order valence-electron chi connectivity index (χ4n) is 4.24. The van der Waals surface area contributed by atoms with Crippen molar-refractivity contribution < 1.29 is 14.7 Å². The van der Waals surface area contributed by atoms with Crippen LogP contribution in [0, 0.1) is 18.8 Å². The second-order valence-electron chi connectivity index (χ2n) is 8.11. The minimum Gasteiger partial charge on any atom is -0.481 e. The smallest absolute Gasteiger partial charge is 0.303 e. The van der Waals surface area contributed by atoms with Crippen molar-refractivity contribution in [2.45, 2.75) is 58.8 Å². The van der Waals surface area contributed by atoms with Crippen LogP contribution in [0.2, 0.25) is 0 Å². The van der Waals surface area contributed by atoms with Gasteiger partial charge >= 0.3 is 5.97 Å². The van der Waals surface area contributed by atoms with Crippen LogP contribution in [-0.2, 0) is 16.0 Å². The quantitative estimate of drug-likeness (QED) is 0.674. The van der Waals surface area contributed by atoms with Crippen LogP contribution >= 0.6 is 0 Å². The van der Waals surface area contributed by atoms with Gasteiger partial charge in [-0.2, -0.15) is 0 Å². The van der Waals surface area contributed by atoms with E-state index in [0.29, 0.717) is 25.9 Å². The summed E-state index contributed by atoms with van der Waals surface area (Å²) < 4.78 is 0. The number of carbonyl (C=O) groups is 2. The number of imidazole rings is 1. The van der Waals surface area contributed by atoms with Gasteiger partial charge in [0.25, 0.3) is 0 Å². The van der Waals surface area contributed by atoms with Crippen LogP contribution in [0.4, 0.5) is 0 Å². The zero-order valence-electron chi connectivity index (χ0n) is 16.9. The van der Waals surface area contributed by atoms with Crippen molar-refractivity contribution in [1.82, 2.24) is 14.9 Å². The number of hydrogen-bond donors (Lipinski definition) is 2. The highest BCUT2D eigenvalue weighted by Crippen LogP contribution is 2.30. The van der Waals surface area contributed by atoms with Crippen molar-refractivity contribution in [2.24, 2.45) is 11.8 Å². The number of nitrogens with zero attached hydrogens (tertiary/aromatic N) is 2. The van der Waals surface area contributed by atoms with Gasteiger partial charge in [-0.05, 0) is 49.3 Å². The molecule has 1 aromatic heterocycles. The van der Waals surface area contributed by atoms with Crippen molar-refractivity contribution in [3.63, 3.8) is 0 Å². The van der Waals surface area contributed by atoms with E-state index in [-0.39, 0.29) is 24.2 Å². The molecular formula is C22H31N3O3. The fraction of sp³-hybridized carbons (Fsp3) is 0.591. The number of aliphatic carboxylic acids is 1. The Balaban J connectivity index is 1.72. The summed E-state index contributed by atoms with van der Waals surface area (Å²) in [6.45, 7) is 5.47. The highest BCUT2D eigenvalue weighted by Gasteiger charge is 2.33. The second kappa shape index (κ2) is 9.22. The molecular weight excluding hydrogens is 354 g/mol. The first-order valence-corrected chi connectivity index (χ1v) is 10.4. The first kappa shape index (κ1) is 20.4. The van der Waals surface area contributed by atoms with Crippen LogP contribution in [0.5, 0.6) is 0 Å². The molecule has 1 aromatic carbocycles. The maximum Gasteiger partial charge on any atom is 0.303 e. The summed E-state index contributed by atoms with van der Waals surface area (Å²) >= 11 is 0. The second-order valence-corrected chi connectivity index (χ2v) is 8.11. The average molecular weight is 386 g/mol. The number of hydrogen-bond acceptors (Lipinski definition) is 3. The first-order chi connectivity index (χ1) is 13.5. The number of H-pyrrole nitrogens is 1. The third-order valence-electron chi connectivity index (χ3n) is 5.82. The van der Waals surface area contributed by atoms with Crippen molar-refractivity contribution in [2.75, 3.05) is 13.1 Å². The van der Waals surface area contributed by atoms with E-state index in [4.69, 9.17) is 0 Å². The lowest BCUT2D eigenvalue weighted by Gasteiger charge is -2.38.